The molecule has 1 aliphatic rings. The Hall–Kier alpha value is -0.240. The topological polar surface area (TPSA) is 55.8 Å². The van der Waals surface area contributed by atoms with Gasteiger partial charge in [-0.15, -0.1) is 0 Å². The van der Waals surface area contributed by atoms with Crippen molar-refractivity contribution in [1.82, 2.24) is 0 Å². The van der Waals surface area contributed by atoms with Crippen LogP contribution in [0.4, 0.5) is 22.0 Å². The summed E-state index contributed by atoms with van der Waals surface area (Å²) in [6.07, 6.45) is -9.18. The van der Waals surface area contributed by atoms with E-state index in [1.54, 1.807) is 0 Å². The van der Waals surface area contributed by atoms with E-state index in [-0.39, 0.29) is 19.4 Å². The molecule has 0 aromatic heterocycles. The second-order valence-corrected chi connectivity index (χ2v) is 4.98. The second-order valence-electron chi connectivity index (χ2n) is 3.58. The van der Waals surface area contributed by atoms with Crippen LogP contribution < -0.4 is 0 Å². The van der Waals surface area contributed by atoms with E-state index in [1.807, 2.05) is 0 Å². The molecule has 0 saturated carbocycles. The molecule has 1 aliphatic heterocycles. The smallest absolute Gasteiger partial charge is 0.302 e. The Morgan fingerprint density at radius 3 is 2.41 bits per heavy atom. The number of phosphoric acid groups is 1. The molecule has 1 fully saturated rings. The highest BCUT2D eigenvalue weighted by atomic mass is 31.2. The first-order chi connectivity index (χ1) is 7.54. The zero-order valence-corrected chi connectivity index (χ0v) is 9.31. The van der Waals surface area contributed by atoms with Gasteiger partial charge in [-0.1, -0.05) is 0 Å². The molecule has 1 rings (SSSR count). The minimum absolute atomic E-state index is 0.0726. The zero-order valence-electron chi connectivity index (χ0n) is 8.41. The fourth-order valence-electron chi connectivity index (χ4n) is 1.30. The lowest BCUT2D eigenvalue weighted by Crippen LogP contribution is -2.39. The molecule has 0 aliphatic carbocycles. The van der Waals surface area contributed by atoms with Crippen LogP contribution in [-0.2, 0) is 13.6 Å². The van der Waals surface area contributed by atoms with Gasteiger partial charge in [0.15, 0.2) is 0 Å². The minimum atomic E-state index is -5.71. The van der Waals surface area contributed by atoms with Gasteiger partial charge < -0.3 is 4.89 Å². The minimum Gasteiger partial charge on any atom is -0.302 e. The van der Waals surface area contributed by atoms with Crippen molar-refractivity contribution in [1.29, 1.82) is 0 Å². The average Bonchev–Trinajstić information content (AvgIpc) is 2.23. The number of rotatable bonds is 2. The van der Waals surface area contributed by atoms with Gasteiger partial charge in [-0.2, -0.15) is 22.0 Å². The maximum Gasteiger partial charge on any atom is 0.472 e. The summed E-state index contributed by atoms with van der Waals surface area (Å²) in [5.41, 5.74) is 0. The van der Waals surface area contributed by atoms with Crippen molar-refractivity contribution in [2.75, 3.05) is 6.61 Å². The van der Waals surface area contributed by atoms with Gasteiger partial charge in [0, 0.05) is 6.42 Å². The van der Waals surface area contributed by atoms with Gasteiger partial charge in [-0.25, -0.2) is 4.57 Å². The predicted octanol–water partition coefficient (Wildman–Crippen LogP) is 2.87. The van der Waals surface area contributed by atoms with E-state index < -0.39 is 32.4 Å². The highest BCUT2D eigenvalue weighted by Crippen LogP contribution is 2.50. The lowest BCUT2D eigenvalue weighted by atomic mass is 10.1. The van der Waals surface area contributed by atoms with Gasteiger partial charge in [-0.05, 0) is 12.8 Å². The van der Waals surface area contributed by atoms with E-state index in [0.717, 1.165) is 0 Å². The molecule has 2 unspecified atom stereocenters. The van der Waals surface area contributed by atoms with Crippen molar-refractivity contribution in [2.45, 2.75) is 37.5 Å². The summed E-state index contributed by atoms with van der Waals surface area (Å²) in [6.45, 7) is -0.220. The van der Waals surface area contributed by atoms with Crippen LogP contribution >= 0.6 is 7.82 Å². The number of hydrogen-bond donors (Lipinski definition) is 1. The number of phosphoric ester groups is 1. The predicted molar refractivity (Wildman–Crippen MR) is 45.5 cm³/mol. The Labute approximate surface area is 93.3 Å². The monoisotopic (exact) mass is 284 g/mol. The Bertz CT molecular complexity index is 318. The molecule has 10 heteroatoms. The molecule has 0 amide bonds. The van der Waals surface area contributed by atoms with Crippen LogP contribution in [0.2, 0.25) is 0 Å². The summed E-state index contributed by atoms with van der Waals surface area (Å²) < 4.78 is 80.6. The fraction of sp³-hybridized carbons (Fsp3) is 1.00. The van der Waals surface area contributed by atoms with Gasteiger partial charge >= 0.3 is 19.9 Å². The maximum atomic E-state index is 12.7. The molecule has 17 heavy (non-hydrogen) atoms. The van der Waals surface area contributed by atoms with E-state index in [2.05, 4.69) is 9.05 Å². The fourth-order valence-corrected chi connectivity index (χ4v) is 2.28. The van der Waals surface area contributed by atoms with Crippen LogP contribution in [0.5, 0.6) is 0 Å². The standard InChI is InChI=1S/C7H10F5O4P/c8-6(9,7(10,11)12)4-5-2-1-3-15-17(13,14)16-5/h5H,1-4H2,(H,13,14). The maximum absolute atomic E-state index is 12.7. The van der Waals surface area contributed by atoms with Crippen LogP contribution in [0.25, 0.3) is 0 Å². The zero-order chi connectivity index (χ0) is 13.3. The summed E-state index contributed by atoms with van der Waals surface area (Å²) in [4.78, 5) is 8.91. The second kappa shape index (κ2) is 4.79. The van der Waals surface area contributed by atoms with E-state index in [9.17, 15) is 26.5 Å². The molecular formula is C7H10F5O4P. The molecule has 0 spiro atoms. The Kier molecular flexibility index (Phi) is 4.18. The summed E-state index contributed by atoms with van der Waals surface area (Å²) in [5.74, 6) is -4.96. The van der Waals surface area contributed by atoms with E-state index in [0.29, 0.717) is 0 Å². The molecule has 0 bridgehead atoms. The third-order valence-corrected chi connectivity index (χ3v) is 3.18. The van der Waals surface area contributed by atoms with E-state index >= 15 is 0 Å². The lowest BCUT2D eigenvalue weighted by Gasteiger charge is -2.24. The third-order valence-electron chi connectivity index (χ3n) is 2.11. The van der Waals surface area contributed by atoms with Crippen LogP contribution in [0.15, 0.2) is 0 Å². The van der Waals surface area contributed by atoms with Crippen LogP contribution in [0.1, 0.15) is 19.3 Å². The van der Waals surface area contributed by atoms with Crippen molar-refractivity contribution in [3.8, 4) is 0 Å². The quantitative estimate of drug-likeness (QED) is 0.625. The summed E-state index contributed by atoms with van der Waals surface area (Å²) >= 11 is 0. The van der Waals surface area contributed by atoms with Crippen molar-refractivity contribution < 1.29 is 40.5 Å². The van der Waals surface area contributed by atoms with Gasteiger partial charge in [0.25, 0.3) is 0 Å². The molecule has 4 nitrogen and oxygen atoms in total. The van der Waals surface area contributed by atoms with Crippen LogP contribution in [0.3, 0.4) is 0 Å². The van der Waals surface area contributed by atoms with Gasteiger partial charge in [-0.3, -0.25) is 9.05 Å². The summed E-state index contributed by atoms with van der Waals surface area (Å²) in [5, 5.41) is 0. The van der Waals surface area contributed by atoms with Gasteiger partial charge in [0.05, 0.1) is 12.7 Å². The highest BCUT2D eigenvalue weighted by molar-refractivity contribution is 7.47. The van der Waals surface area contributed by atoms with Crippen molar-refractivity contribution >= 4 is 7.82 Å². The first kappa shape index (κ1) is 14.8. The molecular weight excluding hydrogens is 274 g/mol. The molecule has 0 aromatic rings. The number of halogens is 5. The molecule has 1 saturated heterocycles. The van der Waals surface area contributed by atoms with Crippen molar-refractivity contribution in [2.24, 2.45) is 0 Å². The highest BCUT2D eigenvalue weighted by Gasteiger charge is 2.58. The first-order valence-electron chi connectivity index (χ1n) is 4.64. The van der Waals surface area contributed by atoms with Crippen LogP contribution in [0, 0.1) is 0 Å². The largest absolute Gasteiger partial charge is 0.472 e. The lowest BCUT2D eigenvalue weighted by molar-refractivity contribution is -0.289. The third kappa shape index (κ3) is 4.17. The van der Waals surface area contributed by atoms with Gasteiger partial charge in [0.1, 0.15) is 0 Å². The average molecular weight is 284 g/mol. The molecule has 0 aromatic carbocycles. The van der Waals surface area contributed by atoms with E-state index in [4.69, 9.17) is 4.89 Å². The van der Waals surface area contributed by atoms with Crippen molar-refractivity contribution in [3.63, 3.8) is 0 Å². The number of hydrogen-bond acceptors (Lipinski definition) is 3. The van der Waals surface area contributed by atoms with Crippen LogP contribution in [-0.4, -0.2) is 29.7 Å². The Morgan fingerprint density at radius 1 is 1.29 bits per heavy atom. The summed E-state index contributed by atoms with van der Waals surface area (Å²) in [7, 11) is -4.53. The van der Waals surface area contributed by atoms with Crippen molar-refractivity contribution in [3.05, 3.63) is 0 Å². The SMILES string of the molecule is O=P1(O)OCCCC(CC(F)(F)C(F)(F)F)O1. The number of alkyl halides is 5. The Balaban J connectivity index is 2.71. The van der Waals surface area contributed by atoms with Gasteiger partial charge in [0.2, 0.25) is 0 Å². The molecule has 2 atom stereocenters. The summed E-state index contributed by atoms with van der Waals surface area (Å²) in [6, 6.07) is 0. The first-order valence-corrected chi connectivity index (χ1v) is 6.13. The molecule has 102 valence electrons. The molecule has 1 heterocycles. The van der Waals surface area contributed by atoms with E-state index in [1.165, 1.54) is 0 Å². The molecule has 0 radical (unpaired) electrons. The molecule has 1 N–H and O–H groups in total. The Morgan fingerprint density at radius 2 is 1.88 bits per heavy atom. The normalized spacial score (nSPS) is 32.2.